The Morgan fingerprint density at radius 1 is 1.52 bits per heavy atom. The molecule has 1 aliphatic rings. The molecule has 0 bridgehead atoms. The van der Waals surface area contributed by atoms with E-state index in [0.29, 0.717) is 19.4 Å². The fourth-order valence-electron chi connectivity index (χ4n) is 2.30. The summed E-state index contributed by atoms with van der Waals surface area (Å²) in [5.74, 6) is 5.45. The van der Waals surface area contributed by atoms with E-state index in [1.807, 2.05) is 23.3 Å². The largest absolute Gasteiger partial charge is 0.395 e. The first-order chi connectivity index (χ1) is 10.2. The quantitative estimate of drug-likeness (QED) is 0.635. The third kappa shape index (κ3) is 3.91. The standard InChI is InChI=1S/C15H18N2O3S/c1-2-12-15(20)16-14(19)10-17(12)9-13-11(6-8-21-13)5-3-4-7-18/h6,8,12,18H,2,4,7,9-10H2,1H3,(H,16,19,20). The van der Waals surface area contributed by atoms with E-state index in [4.69, 9.17) is 5.11 Å². The summed E-state index contributed by atoms with van der Waals surface area (Å²) in [7, 11) is 0. The highest BCUT2D eigenvalue weighted by molar-refractivity contribution is 7.10. The van der Waals surface area contributed by atoms with E-state index >= 15 is 0 Å². The molecule has 1 aromatic rings. The second-order valence-electron chi connectivity index (χ2n) is 4.77. The van der Waals surface area contributed by atoms with Gasteiger partial charge in [-0.1, -0.05) is 18.8 Å². The van der Waals surface area contributed by atoms with Gasteiger partial charge in [0, 0.05) is 23.4 Å². The van der Waals surface area contributed by atoms with Crippen molar-refractivity contribution in [3.05, 3.63) is 21.9 Å². The Bertz CT molecular complexity index is 585. The second-order valence-corrected chi connectivity index (χ2v) is 5.77. The van der Waals surface area contributed by atoms with Crippen LogP contribution >= 0.6 is 11.3 Å². The number of aliphatic hydroxyl groups is 1. The number of nitrogens with zero attached hydrogens (tertiary/aromatic N) is 1. The Morgan fingerprint density at radius 2 is 2.33 bits per heavy atom. The molecular weight excluding hydrogens is 288 g/mol. The molecule has 1 fully saturated rings. The van der Waals surface area contributed by atoms with E-state index in [1.165, 1.54) is 0 Å². The van der Waals surface area contributed by atoms with Crippen molar-refractivity contribution in [2.24, 2.45) is 0 Å². The molecule has 0 aliphatic carbocycles. The number of piperazine rings is 1. The summed E-state index contributed by atoms with van der Waals surface area (Å²) in [6.45, 7) is 2.75. The Kier molecular flexibility index (Phi) is 5.51. The van der Waals surface area contributed by atoms with Crippen LogP contribution in [0.1, 0.15) is 30.2 Å². The molecule has 2 rings (SSSR count). The van der Waals surface area contributed by atoms with Gasteiger partial charge < -0.3 is 5.11 Å². The lowest BCUT2D eigenvalue weighted by Gasteiger charge is -2.33. The summed E-state index contributed by atoms with van der Waals surface area (Å²) in [4.78, 5) is 26.3. The highest BCUT2D eigenvalue weighted by Gasteiger charge is 2.32. The van der Waals surface area contributed by atoms with E-state index in [2.05, 4.69) is 17.2 Å². The van der Waals surface area contributed by atoms with E-state index in [-0.39, 0.29) is 31.0 Å². The van der Waals surface area contributed by atoms with Crippen LogP contribution < -0.4 is 5.32 Å². The average molecular weight is 306 g/mol. The molecule has 0 saturated carbocycles. The summed E-state index contributed by atoms with van der Waals surface area (Å²) in [5, 5.41) is 13.1. The Hall–Kier alpha value is -1.68. The van der Waals surface area contributed by atoms with Crippen molar-refractivity contribution in [3.63, 3.8) is 0 Å². The topological polar surface area (TPSA) is 69.6 Å². The summed E-state index contributed by atoms with van der Waals surface area (Å²) < 4.78 is 0. The van der Waals surface area contributed by atoms with Gasteiger partial charge in [0.05, 0.1) is 19.2 Å². The molecule has 0 radical (unpaired) electrons. The highest BCUT2D eigenvalue weighted by Crippen LogP contribution is 2.21. The van der Waals surface area contributed by atoms with Gasteiger partial charge in [-0.2, -0.15) is 0 Å². The fourth-order valence-corrected chi connectivity index (χ4v) is 3.16. The van der Waals surface area contributed by atoms with Crippen molar-refractivity contribution in [2.75, 3.05) is 13.2 Å². The number of rotatable bonds is 4. The first-order valence-electron chi connectivity index (χ1n) is 6.89. The van der Waals surface area contributed by atoms with Gasteiger partial charge in [-0.3, -0.25) is 19.8 Å². The van der Waals surface area contributed by atoms with Crippen molar-refractivity contribution in [3.8, 4) is 11.8 Å². The Morgan fingerprint density at radius 3 is 3.05 bits per heavy atom. The van der Waals surface area contributed by atoms with E-state index < -0.39 is 0 Å². The van der Waals surface area contributed by atoms with Crippen LogP contribution in [-0.4, -0.2) is 41.0 Å². The van der Waals surface area contributed by atoms with Crippen LogP contribution in [0, 0.1) is 11.8 Å². The van der Waals surface area contributed by atoms with E-state index in [9.17, 15) is 9.59 Å². The van der Waals surface area contributed by atoms with Crippen molar-refractivity contribution >= 4 is 23.2 Å². The molecular formula is C15H18N2O3S. The Balaban J connectivity index is 2.13. The lowest BCUT2D eigenvalue weighted by atomic mass is 10.1. The molecule has 1 unspecified atom stereocenters. The monoisotopic (exact) mass is 306 g/mol. The molecule has 0 spiro atoms. The van der Waals surface area contributed by atoms with Gasteiger partial charge in [-0.25, -0.2) is 0 Å². The highest BCUT2D eigenvalue weighted by atomic mass is 32.1. The minimum atomic E-state index is -0.275. The molecule has 112 valence electrons. The maximum Gasteiger partial charge on any atom is 0.243 e. The molecule has 2 heterocycles. The van der Waals surface area contributed by atoms with Gasteiger partial charge in [0.15, 0.2) is 0 Å². The van der Waals surface area contributed by atoms with Gasteiger partial charge in [0.1, 0.15) is 0 Å². The molecule has 2 amide bonds. The van der Waals surface area contributed by atoms with E-state index in [0.717, 1.165) is 10.4 Å². The first kappa shape index (κ1) is 15.7. The first-order valence-corrected chi connectivity index (χ1v) is 7.77. The van der Waals surface area contributed by atoms with E-state index in [1.54, 1.807) is 11.3 Å². The van der Waals surface area contributed by atoms with Gasteiger partial charge in [0.25, 0.3) is 0 Å². The zero-order valence-corrected chi connectivity index (χ0v) is 12.7. The number of nitrogens with one attached hydrogen (secondary N) is 1. The maximum absolute atomic E-state index is 11.8. The van der Waals surface area contributed by atoms with Crippen molar-refractivity contribution in [1.82, 2.24) is 10.2 Å². The summed E-state index contributed by atoms with van der Waals surface area (Å²) >= 11 is 1.57. The van der Waals surface area contributed by atoms with Crippen molar-refractivity contribution < 1.29 is 14.7 Å². The molecule has 5 nitrogen and oxygen atoms in total. The van der Waals surface area contributed by atoms with Crippen LogP contribution in [0.15, 0.2) is 11.4 Å². The predicted octanol–water partition coefficient (Wildman–Crippen LogP) is 0.719. The van der Waals surface area contributed by atoms with Crippen LogP contribution in [0.25, 0.3) is 0 Å². The number of imide groups is 1. The number of thiophene rings is 1. The van der Waals surface area contributed by atoms with Crippen molar-refractivity contribution in [2.45, 2.75) is 32.4 Å². The third-order valence-corrected chi connectivity index (χ3v) is 4.20. The summed E-state index contributed by atoms with van der Waals surface area (Å²) in [5.41, 5.74) is 0.904. The number of carbonyl (C=O) groups excluding carboxylic acids is 2. The molecule has 1 aromatic heterocycles. The van der Waals surface area contributed by atoms with Crippen LogP contribution in [0.3, 0.4) is 0 Å². The normalized spacial score (nSPS) is 19.0. The van der Waals surface area contributed by atoms with Crippen LogP contribution in [0.2, 0.25) is 0 Å². The molecule has 0 aromatic carbocycles. The Labute approximate surface area is 128 Å². The minimum Gasteiger partial charge on any atom is -0.395 e. The van der Waals surface area contributed by atoms with Crippen LogP contribution in [0.5, 0.6) is 0 Å². The lowest BCUT2D eigenvalue weighted by molar-refractivity contribution is -0.140. The number of hydrogen-bond acceptors (Lipinski definition) is 5. The zero-order chi connectivity index (χ0) is 15.2. The van der Waals surface area contributed by atoms with Crippen LogP contribution in [0.4, 0.5) is 0 Å². The number of amides is 2. The summed E-state index contributed by atoms with van der Waals surface area (Å²) in [6.07, 6.45) is 1.10. The average Bonchev–Trinajstić information content (AvgIpc) is 2.86. The number of aliphatic hydroxyl groups excluding tert-OH is 1. The molecule has 1 atom stereocenters. The molecule has 2 N–H and O–H groups in total. The number of hydrogen-bond donors (Lipinski definition) is 2. The van der Waals surface area contributed by atoms with Crippen LogP contribution in [-0.2, 0) is 16.1 Å². The zero-order valence-electron chi connectivity index (χ0n) is 11.9. The van der Waals surface area contributed by atoms with Gasteiger partial charge in [-0.15, -0.1) is 11.3 Å². The summed E-state index contributed by atoms with van der Waals surface area (Å²) in [6, 6.07) is 1.65. The SMILES string of the molecule is CCC1C(=O)NC(=O)CN1Cc1sccc1C#CCCO. The van der Waals surface area contributed by atoms with Crippen molar-refractivity contribution in [1.29, 1.82) is 0 Å². The molecule has 1 saturated heterocycles. The number of carbonyl (C=O) groups is 2. The predicted molar refractivity (Wildman–Crippen MR) is 80.5 cm³/mol. The lowest BCUT2D eigenvalue weighted by Crippen LogP contribution is -2.57. The molecule has 1 aliphatic heterocycles. The smallest absolute Gasteiger partial charge is 0.243 e. The fraction of sp³-hybridized carbons (Fsp3) is 0.467. The van der Waals surface area contributed by atoms with Gasteiger partial charge in [-0.05, 0) is 17.9 Å². The minimum absolute atomic E-state index is 0.0468. The molecule has 6 heteroatoms. The maximum atomic E-state index is 11.8. The van der Waals surface area contributed by atoms with Gasteiger partial charge >= 0.3 is 0 Å². The van der Waals surface area contributed by atoms with Gasteiger partial charge in [0.2, 0.25) is 11.8 Å². The third-order valence-electron chi connectivity index (χ3n) is 3.29. The second kappa shape index (κ2) is 7.36. The molecule has 21 heavy (non-hydrogen) atoms.